The summed E-state index contributed by atoms with van der Waals surface area (Å²) < 4.78 is 0. The number of nitrogens with one attached hydrogen (secondary N) is 2. The predicted molar refractivity (Wildman–Crippen MR) is 88.2 cm³/mol. The number of hydrogen-bond donors (Lipinski definition) is 3. The first kappa shape index (κ1) is 16.0. The number of nitrogens with two attached hydrogens (primary N) is 1. The molecule has 2 rings (SSSR count). The molecule has 5 heteroatoms. The van der Waals surface area contributed by atoms with Crippen molar-refractivity contribution >= 4 is 11.6 Å². The van der Waals surface area contributed by atoms with E-state index in [-0.39, 0.29) is 0 Å². The van der Waals surface area contributed by atoms with Gasteiger partial charge in [0.2, 0.25) is 0 Å². The van der Waals surface area contributed by atoms with Gasteiger partial charge in [0, 0.05) is 18.5 Å². The fraction of sp³-hybridized carbons (Fsp3) is 0.750. The van der Waals surface area contributed by atoms with Gasteiger partial charge in [-0.15, -0.1) is 0 Å². The Morgan fingerprint density at radius 3 is 2.24 bits per heavy atom. The zero-order valence-electron chi connectivity index (χ0n) is 13.6. The second-order valence-electron chi connectivity index (χ2n) is 6.14. The Morgan fingerprint density at radius 1 is 1.05 bits per heavy atom. The van der Waals surface area contributed by atoms with E-state index in [9.17, 15) is 0 Å². The maximum Gasteiger partial charge on any atom is 0.148 e. The predicted octanol–water partition coefficient (Wildman–Crippen LogP) is 3.26. The summed E-state index contributed by atoms with van der Waals surface area (Å²) in [6.07, 6.45) is 7.56. The van der Waals surface area contributed by atoms with Crippen LogP contribution in [0.25, 0.3) is 0 Å². The summed E-state index contributed by atoms with van der Waals surface area (Å²) in [4.78, 5) is 9.00. The molecule has 0 spiro atoms. The second kappa shape index (κ2) is 7.59. The molecule has 1 heterocycles. The van der Waals surface area contributed by atoms with E-state index in [2.05, 4.69) is 34.6 Å². The number of hydrazine groups is 1. The molecule has 1 saturated carbocycles. The van der Waals surface area contributed by atoms with Crippen LogP contribution in [0.3, 0.4) is 0 Å². The van der Waals surface area contributed by atoms with Crippen LogP contribution in [-0.2, 0) is 6.42 Å². The van der Waals surface area contributed by atoms with Crippen LogP contribution in [-0.4, -0.2) is 16.5 Å². The molecule has 1 aromatic rings. The molecule has 0 aromatic carbocycles. The smallest absolute Gasteiger partial charge is 0.148 e. The van der Waals surface area contributed by atoms with Gasteiger partial charge >= 0.3 is 0 Å². The summed E-state index contributed by atoms with van der Waals surface area (Å²) in [7, 11) is 0. The number of nitrogen functional groups attached to an aromatic ring is 1. The highest BCUT2D eigenvalue weighted by Crippen LogP contribution is 2.31. The topological polar surface area (TPSA) is 75.9 Å². The van der Waals surface area contributed by atoms with Crippen LogP contribution in [0, 0.1) is 18.8 Å². The van der Waals surface area contributed by atoms with E-state index < -0.39 is 0 Å². The molecule has 0 radical (unpaired) electrons. The lowest BCUT2D eigenvalue weighted by Gasteiger charge is -2.28. The van der Waals surface area contributed by atoms with Crippen LogP contribution < -0.4 is 16.6 Å². The van der Waals surface area contributed by atoms with Crippen molar-refractivity contribution in [1.82, 2.24) is 9.97 Å². The second-order valence-corrected chi connectivity index (χ2v) is 6.14. The van der Waals surface area contributed by atoms with Crippen molar-refractivity contribution in [3.8, 4) is 0 Å². The Labute approximate surface area is 128 Å². The minimum absolute atomic E-state index is 0.721. The van der Waals surface area contributed by atoms with Crippen LogP contribution in [0.15, 0.2) is 0 Å². The van der Waals surface area contributed by atoms with Crippen LogP contribution in [0.2, 0.25) is 0 Å². The molecule has 1 fully saturated rings. The number of anilines is 2. The van der Waals surface area contributed by atoms with Crippen LogP contribution in [0.4, 0.5) is 11.6 Å². The van der Waals surface area contributed by atoms with Gasteiger partial charge in [0.15, 0.2) is 0 Å². The molecule has 0 unspecified atom stereocenters. The van der Waals surface area contributed by atoms with E-state index in [4.69, 9.17) is 5.84 Å². The minimum Gasteiger partial charge on any atom is -0.369 e. The monoisotopic (exact) mass is 291 g/mol. The number of nitrogens with zero attached hydrogens (tertiary/aromatic N) is 2. The van der Waals surface area contributed by atoms with Crippen LogP contribution in [0.5, 0.6) is 0 Å². The molecule has 5 nitrogen and oxygen atoms in total. The molecule has 0 atom stereocenters. The fourth-order valence-electron chi connectivity index (χ4n) is 3.12. The Balaban J connectivity index is 1.96. The lowest BCUT2D eigenvalue weighted by Crippen LogP contribution is -2.22. The van der Waals surface area contributed by atoms with Crippen molar-refractivity contribution in [3.63, 3.8) is 0 Å². The third-order valence-electron chi connectivity index (χ3n) is 4.75. The van der Waals surface area contributed by atoms with Crippen molar-refractivity contribution in [2.45, 2.75) is 59.3 Å². The first-order chi connectivity index (χ1) is 10.2. The van der Waals surface area contributed by atoms with Gasteiger partial charge in [0.1, 0.15) is 17.5 Å². The average molecular weight is 291 g/mol. The Bertz CT molecular complexity index is 452. The van der Waals surface area contributed by atoms with E-state index in [1.807, 2.05) is 6.92 Å². The number of aryl methyl sites for hydroxylation is 1. The summed E-state index contributed by atoms with van der Waals surface area (Å²) >= 11 is 0. The maximum absolute atomic E-state index is 5.54. The Morgan fingerprint density at radius 2 is 1.67 bits per heavy atom. The third-order valence-corrected chi connectivity index (χ3v) is 4.75. The Kier molecular flexibility index (Phi) is 5.79. The van der Waals surface area contributed by atoms with Crippen molar-refractivity contribution in [1.29, 1.82) is 0 Å². The van der Waals surface area contributed by atoms with Gasteiger partial charge in [0.05, 0.1) is 0 Å². The van der Waals surface area contributed by atoms with E-state index >= 15 is 0 Å². The van der Waals surface area contributed by atoms with Gasteiger partial charge in [-0.1, -0.05) is 33.1 Å². The molecule has 0 amide bonds. The zero-order valence-corrected chi connectivity index (χ0v) is 13.6. The fourth-order valence-corrected chi connectivity index (χ4v) is 3.12. The summed E-state index contributed by atoms with van der Waals surface area (Å²) in [6.45, 7) is 7.37. The van der Waals surface area contributed by atoms with Crippen molar-refractivity contribution in [3.05, 3.63) is 11.4 Å². The van der Waals surface area contributed by atoms with Crippen molar-refractivity contribution < 1.29 is 0 Å². The van der Waals surface area contributed by atoms with Crippen LogP contribution >= 0.6 is 0 Å². The molecular formula is C16H29N5. The van der Waals surface area contributed by atoms with E-state index in [1.54, 1.807) is 0 Å². The molecule has 1 aliphatic carbocycles. The zero-order chi connectivity index (χ0) is 15.2. The summed E-state index contributed by atoms with van der Waals surface area (Å²) in [5.41, 5.74) is 3.67. The molecule has 21 heavy (non-hydrogen) atoms. The van der Waals surface area contributed by atoms with Crippen molar-refractivity contribution in [2.24, 2.45) is 17.7 Å². The third kappa shape index (κ3) is 4.06. The first-order valence-electron chi connectivity index (χ1n) is 8.25. The van der Waals surface area contributed by atoms with Gasteiger partial charge in [-0.05, 0) is 31.6 Å². The standard InChI is InChI=1S/C16H29N5/c1-4-12-6-8-13(9-7-12)10-18-15-11(3)16(21-17)20-14(5-2)19-15/h12-13H,4-10,17H2,1-3H3,(H2,18,19,20,21). The van der Waals surface area contributed by atoms with E-state index in [0.717, 1.165) is 47.8 Å². The number of hydrogen-bond acceptors (Lipinski definition) is 5. The molecule has 0 bridgehead atoms. The molecule has 1 aromatic heterocycles. The number of aromatic nitrogens is 2. The maximum atomic E-state index is 5.54. The summed E-state index contributed by atoms with van der Waals surface area (Å²) in [5, 5.41) is 3.52. The summed E-state index contributed by atoms with van der Waals surface area (Å²) in [6, 6.07) is 0. The lowest BCUT2D eigenvalue weighted by molar-refractivity contribution is 0.278. The van der Waals surface area contributed by atoms with Gasteiger partial charge in [-0.2, -0.15) is 0 Å². The van der Waals surface area contributed by atoms with E-state index in [1.165, 1.54) is 32.1 Å². The molecule has 0 aliphatic heterocycles. The highest BCUT2D eigenvalue weighted by molar-refractivity contribution is 5.56. The highest BCUT2D eigenvalue weighted by atomic mass is 15.3. The first-order valence-corrected chi connectivity index (χ1v) is 8.25. The van der Waals surface area contributed by atoms with Gasteiger partial charge < -0.3 is 10.7 Å². The minimum atomic E-state index is 0.721. The largest absolute Gasteiger partial charge is 0.369 e. The highest BCUT2D eigenvalue weighted by Gasteiger charge is 2.20. The molecular weight excluding hydrogens is 262 g/mol. The van der Waals surface area contributed by atoms with Crippen molar-refractivity contribution in [2.75, 3.05) is 17.3 Å². The molecule has 4 N–H and O–H groups in total. The van der Waals surface area contributed by atoms with Gasteiger partial charge in [0.25, 0.3) is 0 Å². The quantitative estimate of drug-likeness (QED) is 0.554. The number of rotatable bonds is 6. The normalized spacial score (nSPS) is 22.1. The Hall–Kier alpha value is -1.36. The average Bonchev–Trinajstić information content (AvgIpc) is 2.54. The summed E-state index contributed by atoms with van der Waals surface area (Å²) in [5.74, 6) is 9.73. The van der Waals surface area contributed by atoms with Gasteiger partial charge in [-0.3, -0.25) is 0 Å². The van der Waals surface area contributed by atoms with E-state index in [0.29, 0.717) is 0 Å². The molecule has 1 aliphatic rings. The van der Waals surface area contributed by atoms with Gasteiger partial charge in [-0.25, -0.2) is 15.8 Å². The molecule has 0 saturated heterocycles. The lowest BCUT2D eigenvalue weighted by atomic mass is 9.81. The molecule has 118 valence electrons. The van der Waals surface area contributed by atoms with Crippen LogP contribution in [0.1, 0.15) is 57.3 Å². The SMILES string of the molecule is CCc1nc(NN)c(C)c(NCC2CCC(CC)CC2)n1.